The number of hydrogen-bond acceptors (Lipinski definition) is 4. The highest BCUT2D eigenvalue weighted by Crippen LogP contribution is 2.29. The average Bonchev–Trinajstić information content (AvgIpc) is 2.67. The van der Waals surface area contributed by atoms with E-state index in [4.69, 9.17) is 5.73 Å². The van der Waals surface area contributed by atoms with Crippen LogP contribution >= 0.6 is 27.7 Å². The van der Waals surface area contributed by atoms with Crippen LogP contribution in [0.25, 0.3) is 0 Å². The molecule has 1 aromatic heterocycles. The maximum Gasteiger partial charge on any atom is 0.186 e. The number of anilines is 1. The Bertz CT molecular complexity index is 497. The normalized spacial score (nSPS) is 10.6. The van der Waals surface area contributed by atoms with Gasteiger partial charge in [0.05, 0.1) is 0 Å². The number of aromatic nitrogens is 3. The molecule has 0 spiro atoms. The molecule has 0 saturated carbocycles. The molecule has 1 heterocycles. The Labute approximate surface area is 106 Å². The number of nitrogens with two attached hydrogens (primary N) is 1. The van der Waals surface area contributed by atoms with E-state index < -0.39 is 0 Å². The van der Waals surface area contributed by atoms with Crippen molar-refractivity contribution in [3.8, 4) is 0 Å². The van der Waals surface area contributed by atoms with Crippen LogP contribution in [-0.2, 0) is 12.8 Å². The van der Waals surface area contributed by atoms with Crippen LogP contribution in [0.2, 0.25) is 0 Å². The highest BCUT2D eigenvalue weighted by Gasteiger charge is 2.06. The molecular weight excluding hydrogens is 288 g/mol. The molecule has 4 nitrogen and oxygen atoms in total. The minimum Gasteiger partial charge on any atom is -0.398 e. The summed E-state index contributed by atoms with van der Waals surface area (Å²) in [6, 6.07) is 5.87. The number of nitrogens with zero attached hydrogens (tertiary/aromatic N) is 3. The molecule has 2 N–H and O–H groups in total. The van der Waals surface area contributed by atoms with Crippen molar-refractivity contribution in [2.24, 2.45) is 7.05 Å². The number of benzene rings is 1. The first kappa shape index (κ1) is 11.5. The van der Waals surface area contributed by atoms with E-state index in [2.05, 4.69) is 26.0 Å². The van der Waals surface area contributed by atoms with Crippen molar-refractivity contribution in [2.75, 3.05) is 5.73 Å². The van der Waals surface area contributed by atoms with Crippen LogP contribution in [0.3, 0.4) is 0 Å². The lowest BCUT2D eigenvalue weighted by Crippen LogP contribution is -1.94. The topological polar surface area (TPSA) is 56.7 Å². The fraction of sp³-hybridized carbons (Fsp3) is 0.200. The maximum absolute atomic E-state index is 5.81. The second-order valence-electron chi connectivity index (χ2n) is 3.28. The van der Waals surface area contributed by atoms with Gasteiger partial charge in [0, 0.05) is 23.0 Å². The van der Waals surface area contributed by atoms with Crippen LogP contribution in [0.1, 0.15) is 5.56 Å². The summed E-state index contributed by atoms with van der Waals surface area (Å²) in [4.78, 5) is 4.15. The Hall–Kier alpha value is -1.01. The average molecular weight is 299 g/mol. The minimum atomic E-state index is 0.760. The van der Waals surface area contributed by atoms with Crippen molar-refractivity contribution >= 4 is 33.4 Å². The van der Waals surface area contributed by atoms with E-state index in [0.717, 1.165) is 26.6 Å². The van der Waals surface area contributed by atoms with Crippen molar-refractivity contribution in [2.45, 2.75) is 10.9 Å². The van der Waals surface area contributed by atoms with E-state index in [1.165, 1.54) is 0 Å². The lowest BCUT2D eigenvalue weighted by Gasteiger charge is -2.05. The van der Waals surface area contributed by atoms with Crippen molar-refractivity contribution in [3.63, 3.8) is 0 Å². The van der Waals surface area contributed by atoms with Crippen LogP contribution < -0.4 is 5.73 Å². The molecular formula is C10H11BrN4S. The van der Waals surface area contributed by atoms with Crippen LogP contribution in [-0.4, -0.2) is 14.8 Å². The summed E-state index contributed by atoms with van der Waals surface area (Å²) in [5.74, 6) is 0.818. The number of hydrogen-bond donors (Lipinski definition) is 1. The van der Waals surface area contributed by atoms with Crippen LogP contribution in [0.15, 0.2) is 34.2 Å². The van der Waals surface area contributed by atoms with E-state index >= 15 is 0 Å². The number of halogens is 1. The van der Waals surface area contributed by atoms with Crippen LogP contribution in [0.4, 0.5) is 5.69 Å². The van der Waals surface area contributed by atoms with E-state index in [1.807, 2.05) is 25.2 Å². The van der Waals surface area contributed by atoms with Gasteiger partial charge >= 0.3 is 0 Å². The van der Waals surface area contributed by atoms with Crippen molar-refractivity contribution in [1.82, 2.24) is 14.8 Å². The largest absolute Gasteiger partial charge is 0.398 e. The maximum atomic E-state index is 5.81. The van der Waals surface area contributed by atoms with Crippen molar-refractivity contribution in [3.05, 3.63) is 34.6 Å². The third kappa shape index (κ3) is 2.38. The lowest BCUT2D eigenvalue weighted by atomic mass is 10.2. The quantitative estimate of drug-likeness (QED) is 0.698. The highest BCUT2D eigenvalue weighted by atomic mass is 79.9. The molecule has 6 heteroatoms. The van der Waals surface area contributed by atoms with Gasteiger partial charge in [-0.3, -0.25) is 0 Å². The molecule has 16 heavy (non-hydrogen) atoms. The van der Waals surface area contributed by atoms with Gasteiger partial charge in [0.25, 0.3) is 0 Å². The Kier molecular flexibility index (Phi) is 3.50. The Balaban J connectivity index is 2.11. The molecule has 0 aliphatic rings. The molecule has 2 aromatic rings. The zero-order chi connectivity index (χ0) is 11.5. The summed E-state index contributed by atoms with van der Waals surface area (Å²) >= 11 is 5.12. The van der Waals surface area contributed by atoms with Gasteiger partial charge < -0.3 is 5.73 Å². The molecule has 2 rings (SSSR count). The van der Waals surface area contributed by atoms with Gasteiger partial charge in [0.2, 0.25) is 0 Å². The Morgan fingerprint density at radius 1 is 1.50 bits per heavy atom. The molecule has 0 aliphatic carbocycles. The summed E-state index contributed by atoms with van der Waals surface area (Å²) in [5.41, 5.74) is 7.73. The second-order valence-corrected chi connectivity index (χ2v) is 5.01. The first-order chi connectivity index (χ1) is 7.68. The number of nitrogen functional groups attached to an aromatic ring is 1. The van der Waals surface area contributed by atoms with Gasteiger partial charge in [-0.25, -0.2) is 9.67 Å². The minimum absolute atomic E-state index is 0.760. The highest BCUT2D eigenvalue weighted by molar-refractivity contribution is 9.10. The summed E-state index contributed by atoms with van der Waals surface area (Å²) in [6.45, 7) is 0. The Morgan fingerprint density at radius 3 is 3.00 bits per heavy atom. The SMILES string of the molecule is Cn1ncnc1SCc1cccc(N)c1Br. The molecule has 0 aliphatic heterocycles. The molecule has 1 aromatic carbocycles. The van der Waals surface area contributed by atoms with Crippen molar-refractivity contribution < 1.29 is 0 Å². The third-order valence-electron chi connectivity index (χ3n) is 2.14. The molecule has 0 amide bonds. The lowest BCUT2D eigenvalue weighted by molar-refractivity contribution is 0.685. The molecule has 0 fully saturated rings. The first-order valence-electron chi connectivity index (χ1n) is 4.68. The predicted molar refractivity (Wildman–Crippen MR) is 69.1 cm³/mol. The van der Waals surface area contributed by atoms with Gasteiger partial charge in [-0.15, -0.1) is 0 Å². The standard InChI is InChI=1S/C10H11BrN4S/c1-15-10(13-6-14-15)16-5-7-3-2-4-8(12)9(7)11/h2-4,6H,5,12H2,1H3. The monoisotopic (exact) mass is 298 g/mol. The van der Waals surface area contributed by atoms with Gasteiger partial charge in [0.1, 0.15) is 6.33 Å². The zero-order valence-electron chi connectivity index (χ0n) is 8.72. The first-order valence-corrected chi connectivity index (χ1v) is 6.46. The van der Waals surface area contributed by atoms with Gasteiger partial charge in [-0.2, -0.15) is 5.10 Å². The Morgan fingerprint density at radius 2 is 2.31 bits per heavy atom. The zero-order valence-corrected chi connectivity index (χ0v) is 11.1. The van der Waals surface area contributed by atoms with Crippen LogP contribution in [0, 0.1) is 0 Å². The molecule has 0 unspecified atom stereocenters. The molecule has 0 saturated heterocycles. The van der Waals surface area contributed by atoms with E-state index in [-0.39, 0.29) is 0 Å². The molecule has 0 atom stereocenters. The summed E-state index contributed by atoms with van der Waals surface area (Å²) < 4.78 is 2.72. The van der Waals surface area contributed by atoms with E-state index in [9.17, 15) is 0 Å². The van der Waals surface area contributed by atoms with Gasteiger partial charge in [0.15, 0.2) is 5.16 Å². The summed E-state index contributed by atoms with van der Waals surface area (Å²) in [6.07, 6.45) is 1.55. The van der Waals surface area contributed by atoms with Gasteiger partial charge in [-0.05, 0) is 27.6 Å². The molecule has 84 valence electrons. The van der Waals surface area contributed by atoms with Crippen molar-refractivity contribution in [1.29, 1.82) is 0 Å². The molecule has 0 radical (unpaired) electrons. The smallest absolute Gasteiger partial charge is 0.186 e. The number of thioether (sulfide) groups is 1. The van der Waals surface area contributed by atoms with E-state index in [1.54, 1.807) is 22.8 Å². The molecule has 0 bridgehead atoms. The fourth-order valence-electron chi connectivity index (χ4n) is 1.27. The van der Waals surface area contributed by atoms with Crippen LogP contribution in [0.5, 0.6) is 0 Å². The number of aryl methyl sites for hydroxylation is 1. The van der Waals surface area contributed by atoms with E-state index in [0.29, 0.717) is 0 Å². The predicted octanol–water partition coefficient (Wildman–Crippen LogP) is 2.45. The second kappa shape index (κ2) is 4.88. The third-order valence-corrected chi connectivity index (χ3v) is 4.19. The summed E-state index contributed by atoms with van der Waals surface area (Å²) in [5, 5.41) is 4.91. The number of rotatable bonds is 3. The summed E-state index contributed by atoms with van der Waals surface area (Å²) in [7, 11) is 1.88. The fourth-order valence-corrected chi connectivity index (χ4v) is 2.74. The van der Waals surface area contributed by atoms with Gasteiger partial charge in [-0.1, -0.05) is 23.9 Å².